The average Bonchev–Trinajstić information content (AvgIpc) is 3.26. The minimum atomic E-state index is -4.05. The topological polar surface area (TPSA) is 83.5 Å². The van der Waals surface area contributed by atoms with E-state index in [1.807, 2.05) is 6.07 Å². The molecule has 24 heavy (non-hydrogen) atoms. The minimum absolute atomic E-state index is 0.0827. The Kier molecular flexibility index (Phi) is 4.34. The molecule has 0 heterocycles. The Morgan fingerprint density at radius 1 is 1.12 bits per heavy atom. The third-order valence-corrected chi connectivity index (χ3v) is 6.31. The quantitative estimate of drug-likeness (QED) is 0.826. The summed E-state index contributed by atoms with van der Waals surface area (Å²) in [5.74, 6) is -1.63. The number of carboxylic acid groups (broad SMARTS) is 1. The van der Waals surface area contributed by atoms with Crippen molar-refractivity contribution in [2.24, 2.45) is 0 Å². The summed E-state index contributed by atoms with van der Waals surface area (Å²) in [6.07, 6.45) is 0.187. The molecule has 0 bridgehead atoms. The van der Waals surface area contributed by atoms with Crippen molar-refractivity contribution in [3.63, 3.8) is 0 Å². The van der Waals surface area contributed by atoms with Crippen molar-refractivity contribution in [3.8, 4) is 0 Å². The van der Waals surface area contributed by atoms with Crippen LogP contribution in [0.15, 0.2) is 53.4 Å². The van der Waals surface area contributed by atoms with Gasteiger partial charge in [-0.3, -0.25) is 4.79 Å². The predicted octanol–water partition coefficient (Wildman–Crippen LogP) is 3.28. The molecule has 1 aliphatic carbocycles. The maximum Gasteiger partial charge on any atom is 0.325 e. The van der Waals surface area contributed by atoms with Gasteiger partial charge in [-0.25, -0.2) is 8.42 Å². The monoisotopic (exact) mass is 385 g/mol. The molecule has 2 unspecified atom stereocenters. The highest BCUT2D eigenvalue weighted by molar-refractivity contribution is 7.89. The van der Waals surface area contributed by atoms with Crippen LogP contribution in [0.1, 0.15) is 17.9 Å². The number of hydrogen-bond acceptors (Lipinski definition) is 3. The number of halogens is 2. The van der Waals surface area contributed by atoms with Gasteiger partial charge in [0.2, 0.25) is 10.0 Å². The Morgan fingerprint density at radius 2 is 1.79 bits per heavy atom. The molecule has 8 heteroatoms. The van der Waals surface area contributed by atoms with Gasteiger partial charge >= 0.3 is 5.97 Å². The first-order valence-electron chi connectivity index (χ1n) is 7.04. The lowest BCUT2D eigenvalue weighted by Crippen LogP contribution is -2.44. The highest BCUT2D eigenvalue weighted by atomic mass is 35.5. The lowest BCUT2D eigenvalue weighted by Gasteiger charge is -2.16. The minimum Gasteiger partial charge on any atom is -0.480 e. The maximum atomic E-state index is 12.6. The molecule has 1 aliphatic rings. The molecule has 0 amide bonds. The summed E-state index contributed by atoms with van der Waals surface area (Å²) >= 11 is 11.6. The van der Waals surface area contributed by atoms with Crippen LogP contribution in [0.25, 0.3) is 0 Å². The smallest absolute Gasteiger partial charge is 0.325 e. The van der Waals surface area contributed by atoms with Crippen LogP contribution in [0, 0.1) is 0 Å². The van der Waals surface area contributed by atoms with E-state index in [1.165, 1.54) is 18.2 Å². The highest BCUT2D eigenvalue weighted by Crippen LogP contribution is 2.52. The molecule has 5 nitrogen and oxygen atoms in total. The molecule has 0 saturated heterocycles. The molecule has 2 atom stereocenters. The molecule has 1 fully saturated rings. The summed E-state index contributed by atoms with van der Waals surface area (Å²) in [5, 5.41) is 9.87. The lowest BCUT2D eigenvalue weighted by atomic mass is 10.1. The van der Waals surface area contributed by atoms with E-state index in [4.69, 9.17) is 23.2 Å². The lowest BCUT2D eigenvalue weighted by molar-refractivity contribution is -0.140. The molecule has 2 N–H and O–H groups in total. The second-order valence-electron chi connectivity index (χ2n) is 5.63. The number of carboxylic acids is 1. The Hall–Kier alpha value is -1.60. The van der Waals surface area contributed by atoms with E-state index < -0.39 is 27.4 Å². The van der Waals surface area contributed by atoms with Gasteiger partial charge in [-0.15, -0.1) is 0 Å². The maximum absolute atomic E-state index is 12.6. The first kappa shape index (κ1) is 17.2. The summed E-state index contributed by atoms with van der Waals surface area (Å²) < 4.78 is 27.4. The predicted molar refractivity (Wildman–Crippen MR) is 91.0 cm³/mol. The van der Waals surface area contributed by atoms with Gasteiger partial charge in [-0.1, -0.05) is 53.5 Å². The van der Waals surface area contributed by atoms with Crippen molar-refractivity contribution in [1.29, 1.82) is 0 Å². The SMILES string of the molecule is O=C(O)C1(NS(=O)(=O)c2ccc(Cl)c(Cl)c2)CC1c1ccccc1. The van der Waals surface area contributed by atoms with Crippen molar-refractivity contribution in [1.82, 2.24) is 4.72 Å². The zero-order valence-electron chi connectivity index (χ0n) is 12.2. The van der Waals surface area contributed by atoms with Crippen LogP contribution >= 0.6 is 23.2 Å². The summed E-state index contributed by atoms with van der Waals surface area (Å²) in [6.45, 7) is 0. The van der Waals surface area contributed by atoms with E-state index in [-0.39, 0.29) is 21.4 Å². The van der Waals surface area contributed by atoms with E-state index in [0.717, 1.165) is 5.56 Å². The first-order chi connectivity index (χ1) is 11.3. The van der Waals surface area contributed by atoms with Gasteiger partial charge in [0.05, 0.1) is 14.9 Å². The van der Waals surface area contributed by atoms with Gasteiger partial charge in [-0.2, -0.15) is 4.72 Å². The zero-order chi connectivity index (χ0) is 17.5. The molecule has 3 rings (SSSR count). The van der Waals surface area contributed by atoms with Crippen LogP contribution in [-0.2, 0) is 14.8 Å². The average molecular weight is 386 g/mol. The van der Waals surface area contributed by atoms with Gasteiger partial charge in [0.25, 0.3) is 0 Å². The molecule has 0 aliphatic heterocycles. The molecular weight excluding hydrogens is 373 g/mol. The molecule has 2 aromatic rings. The van der Waals surface area contributed by atoms with Crippen LogP contribution in [0.3, 0.4) is 0 Å². The fourth-order valence-electron chi connectivity index (χ4n) is 2.69. The van der Waals surface area contributed by atoms with Gasteiger partial charge in [0, 0.05) is 5.92 Å². The molecule has 0 spiro atoms. The van der Waals surface area contributed by atoms with Gasteiger partial charge < -0.3 is 5.11 Å². The van der Waals surface area contributed by atoms with E-state index in [1.54, 1.807) is 24.3 Å². The molecule has 2 aromatic carbocycles. The van der Waals surface area contributed by atoms with E-state index in [9.17, 15) is 18.3 Å². The van der Waals surface area contributed by atoms with Crippen LogP contribution in [-0.4, -0.2) is 25.0 Å². The Morgan fingerprint density at radius 3 is 2.38 bits per heavy atom. The number of sulfonamides is 1. The Bertz CT molecular complexity index is 902. The second-order valence-corrected chi connectivity index (χ2v) is 8.12. The summed E-state index contributed by atoms with van der Waals surface area (Å²) in [6, 6.07) is 12.8. The van der Waals surface area contributed by atoms with Crippen LogP contribution < -0.4 is 4.72 Å². The number of carbonyl (C=O) groups is 1. The first-order valence-corrected chi connectivity index (χ1v) is 9.27. The molecule has 1 saturated carbocycles. The van der Waals surface area contributed by atoms with Crippen molar-refractivity contribution < 1.29 is 18.3 Å². The van der Waals surface area contributed by atoms with Crippen molar-refractivity contribution >= 4 is 39.2 Å². The van der Waals surface area contributed by atoms with E-state index in [2.05, 4.69) is 4.72 Å². The molecule has 0 radical (unpaired) electrons. The fraction of sp³-hybridized carbons (Fsp3) is 0.188. The third kappa shape index (κ3) is 3.02. The normalized spacial score (nSPS) is 23.0. The zero-order valence-corrected chi connectivity index (χ0v) is 14.6. The van der Waals surface area contributed by atoms with Gasteiger partial charge in [0.15, 0.2) is 0 Å². The number of nitrogens with one attached hydrogen (secondary N) is 1. The summed E-state index contributed by atoms with van der Waals surface area (Å²) in [4.78, 5) is 11.6. The van der Waals surface area contributed by atoms with Crippen LogP contribution in [0.4, 0.5) is 0 Å². The van der Waals surface area contributed by atoms with Crippen molar-refractivity contribution in [2.45, 2.75) is 22.8 Å². The third-order valence-electron chi connectivity index (χ3n) is 4.06. The molecule has 126 valence electrons. The fourth-order valence-corrected chi connectivity index (χ4v) is 4.48. The standard InChI is InChI=1S/C16H13Cl2NO4S/c17-13-7-6-11(8-14(13)18)24(22,23)19-16(15(20)21)9-12(16)10-4-2-1-3-5-10/h1-8,12,19H,9H2,(H,20,21). The van der Waals surface area contributed by atoms with Crippen LogP contribution in [0.2, 0.25) is 10.0 Å². The highest BCUT2D eigenvalue weighted by Gasteiger charge is 2.63. The van der Waals surface area contributed by atoms with Crippen molar-refractivity contribution in [3.05, 3.63) is 64.1 Å². The second kappa shape index (κ2) is 6.04. The van der Waals surface area contributed by atoms with Crippen molar-refractivity contribution in [2.75, 3.05) is 0 Å². The Labute approximate surface area is 149 Å². The number of benzene rings is 2. The summed E-state index contributed by atoms with van der Waals surface area (Å²) in [7, 11) is -4.05. The van der Waals surface area contributed by atoms with Gasteiger partial charge in [-0.05, 0) is 30.2 Å². The summed E-state index contributed by atoms with van der Waals surface area (Å²) in [5.41, 5.74) is -0.775. The Balaban J connectivity index is 1.92. The molecular formula is C16H13Cl2NO4S. The number of aliphatic carboxylic acids is 1. The largest absolute Gasteiger partial charge is 0.480 e. The van der Waals surface area contributed by atoms with Gasteiger partial charge in [0.1, 0.15) is 5.54 Å². The van der Waals surface area contributed by atoms with E-state index >= 15 is 0 Å². The molecule has 0 aromatic heterocycles. The number of hydrogen-bond donors (Lipinski definition) is 2. The van der Waals surface area contributed by atoms with E-state index in [0.29, 0.717) is 0 Å². The van der Waals surface area contributed by atoms with Crippen LogP contribution in [0.5, 0.6) is 0 Å². The number of rotatable bonds is 5.